The first-order chi connectivity index (χ1) is 8.27. The molecule has 0 saturated heterocycles. The van der Waals surface area contributed by atoms with Gasteiger partial charge in [-0.1, -0.05) is 30.3 Å². The molecule has 1 atom stereocenters. The van der Waals surface area contributed by atoms with Crippen molar-refractivity contribution in [3.8, 4) is 0 Å². The number of aromatic nitrogens is 2. The van der Waals surface area contributed by atoms with Gasteiger partial charge in [0, 0.05) is 18.1 Å². The summed E-state index contributed by atoms with van der Waals surface area (Å²) in [6.45, 7) is 0.300. The molecular formula is C11H11N3O2S. The Morgan fingerprint density at radius 2 is 2.18 bits per heavy atom. The molecule has 2 rings (SSSR count). The van der Waals surface area contributed by atoms with Crippen LogP contribution in [0.4, 0.5) is 5.13 Å². The molecule has 1 heterocycles. The summed E-state index contributed by atoms with van der Waals surface area (Å²) in [5.41, 5.74) is 0.775. The second kappa shape index (κ2) is 5.40. The molecule has 6 heteroatoms. The number of nitrogens with zero attached hydrogens (tertiary/aromatic N) is 2. The van der Waals surface area contributed by atoms with Gasteiger partial charge >= 0.3 is 5.97 Å². The van der Waals surface area contributed by atoms with Gasteiger partial charge in [0.25, 0.3) is 0 Å². The maximum atomic E-state index is 11.2. The molecule has 0 radical (unpaired) electrons. The van der Waals surface area contributed by atoms with Crippen molar-refractivity contribution >= 4 is 22.6 Å². The summed E-state index contributed by atoms with van der Waals surface area (Å²) in [7, 11) is 0. The molecule has 0 aliphatic carbocycles. The molecule has 5 nitrogen and oxygen atoms in total. The number of carboxylic acid groups (broad SMARTS) is 1. The Morgan fingerprint density at radius 3 is 2.76 bits per heavy atom. The van der Waals surface area contributed by atoms with Crippen LogP contribution in [0.1, 0.15) is 11.5 Å². The topological polar surface area (TPSA) is 75.1 Å². The van der Waals surface area contributed by atoms with Crippen molar-refractivity contribution in [2.24, 2.45) is 0 Å². The molecule has 17 heavy (non-hydrogen) atoms. The van der Waals surface area contributed by atoms with E-state index in [2.05, 4.69) is 14.7 Å². The third-order valence-corrected chi connectivity index (χ3v) is 2.94. The summed E-state index contributed by atoms with van der Waals surface area (Å²) >= 11 is 1.21. The van der Waals surface area contributed by atoms with E-state index in [-0.39, 0.29) is 0 Å². The molecule has 0 aliphatic rings. The summed E-state index contributed by atoms with van der Waals surface area (Å²) in [4.78, 5) is 15.1. The van der Waals surface area contributed by atoms with Gasteiger partial charge in [0.15, 0.2) is 0 Å². The largest absolute Gasteiger partial charge is 0.481 e. The van der Waals surface area contributed by atoms with Gasteiger partial charge < -0.3 is 10.4 Å². The standard InChI is InChI=1S/C11H11N3O2S/c15-10(16)9(8-4-2-1-3-5-8)6-12-11-13-7-14-17-11/h1-5,7,9H,6H2,(H,15,16)(H,12,13,14). The molecule has 1 unspecified atom stereocenters. The summed E-state index contributed by atoms with van der Waals surface area (Å²) in [5, 5.41) is 12.8. The minimum Gasteiger partial charge on any atom is -0.481 e. The Bertz CT molecular complexity index is 473. The minimum absolute atomic E-state index is 0.300. The lowest BCUT2D eigenvalue weighted by Crippen LogP contribution is -2.20. The van der Waals surface area contributed by atoms with Crippen molar-refractivity contribution in [3.63, 3.8) is 0 Å². The number of benzene rings is 1. The van der Waals surface area contributed by atoms with Crippen molar-refractivity contribution in [2.45, 2.75) is 5.92 Å². The number of nitrogens with one attached hydrogen (secondary N) is 1. The van der Waals surface area contributed by atoms with E-state index in [1.807, 2.05) is 18.2 Å². The first-order valence-corrected chi connectivity index (χ1v) is 5.83. The second-order valence-corrected chi connectivity index (χ2v) is 4.21. The number of hydrogen-bond donors (Lipinski definition) is 2. The fraction of sp³-hybridized carbons (Fsp3) is 0.182. The highest BCUT2D eigenvalue weighted by Crippen LogP contribution is 2.17. The number of anilines is 1. The van der Waals surface area contributed by atoms with Gasteiger partial charge in [0.1, 0.15) is 6.33 Å². The summed E-state index contributed by atoms with van der Waals surface area (Å²) in [6.07, 6.45) is 1.44. The van der Waals surface area contributed by atoms with Crippen LogP contribution in [0.25, 0.3) is 0 Å². The van der Waals surface area contributed by atoms with Crippen molar-refractivity contribution in [1.29, 1.82) is 0 Å². The summed E-state index contributed by atoms with van der Waals surface area (Å²) in [6, 6.07) is 9.13. The summed E-state index contributed by atoms with van der Waals surface area (Å²) < 4.78 is 3.84. The molecule has 0 saturated carbocycles. The third kappa shape index (κ3) is 3.01. The highest BCUT2D eigenvalue weighted by Gasteiger charge is 2.19. The van der Waals surface area contributed by atoms with Gasteiger partial charge in [-0.05, 0) is 5.56 Å². The molecule has 2 N–H and O–H groups in total. The van der Waals surface area contributed by atoms with Gasteiger partial charge in [0.2, 0.25) is 5.13 Å². The molecule has 0 bridgehead atoms. The Balaban J connectivity index is 2.06. The monoisotopic (exact) mass is 249 g/mol. The smallest absolute Gasteiger partial charge is 0.312 e. The van der Waals surface area contributed by atoms with Crippen LogP contribution in [0, 0.1) is 0 Å². The zero-order chi connectivity index (χ0) is 12.1. The third-order valence-electron chi connectivity index (χ3n) is 2.32. The predicted molar refractivity (Wildman–Crippen MR) is 65.2 cm³/mol. The van der Waals surface area contributed by atoms with E-state index < -0.39 is 11.9 Å². The van der Waals surface area contributed by atoms with Crippen LogP contribution in [0.5, 0.6) is 0 Å². The molecule has 1 aromatic heterocycles. The van der Waals surface area contributed by atoms with Crippen LogP contribution in [0.3, 0.4) is 0 Å². The highest BCUT2D eigenvalue weighted by atomic mass is 32.1. The molecule has 2 aromatic rings. The van der Waals surface area contributed by atoms with E-state index in [0.29, 0.717) is 11.7 Å². The molecule has 0 spiro atoms. The highest BCUT2D eigenvalue weighted by molar-refractivity contribution is 7.09. The Morgan fingerprint density at radius 1 is 1.41 bits per heavy atom. The van der Waals surface area contributed by atoms with Crippen molar-refractivity contribution in [3.05, 3.63) is 42.2 Å². The van der Waals surface area contributed by atoms with Crippen LogP contribution >= 0.6 is 11.5 Å². The van der Waals surface area contributed by atoms with Crippen LogP contribution in [-0.4, -0.2) is 27.0 Å². The second-order valence-electron chi connectivity index (χ2n) is 3.43. The average molecular weight is 249 g/mol. The molecule has 0 amide bonds. The van der Waals surface area contributed by atoms with Crippen LogP contribution in [0.15, 0.2) is 36.7 Å². The van der Waals surface area contributed by atoms with Crippen LogP contribution in [0.2, 0.25) is 0 Å². The Labute approximate surface area is 102 Å². The maximum Gasteiger partial charge on any atom is 0.312 e. The van der Waals surface area contributed by atoms with E-state index in [4.69, 9.17) is 0 Å². The molecule has 1 aromatic carbocycles. The maximum absolute atomic E-state index is 11.2. The predicted octanol–water partition coefficient (Wildman–Crippen LogP) is 1.82. The van der Waals surface area contributed by atoms with Crippen molar-refractivity contribution in [1.82, 2.24) is 9.36 Å². The zero-order valence-corrected chi connectivity index (χ0v) is 9.72. The lowest BCUT2D eigenvalue weighted by atomic mass is 9.99. The van der Waals surface area contributed by atoms with Crippen LogP contribution < -0.4 is 5.32 Å². The van der Waals surface area contributed by atoms with E-state index in [9.17, 15) is 9.90 Å². The number of hydrogen-bond acceptors (Lipinski definition) is 5. The zero-order valence-electron chi connectivity index (χ0n) is 8.91. The number of carbonyl (C=O) groups is 1. The number of rotatable bonds is 5. The first kappa shape index (κ1) is 11.5. The van der Waals surface area contributed by atoms with Crippen molar-refractivity contribution in [2.75, 3.05) is 11.9 Å². The molecule has 0 fully saturated rings. The Kier molecular flexibility index (Phi) is 3.66. The normalized spacial score (nSPS) is 12.0. The van der Waals surface area contributed by atoms with Crippen molar-refractivity contribution < 1.29 is 9.90 Å². The van der Waals surface area contributed by atoms with Gasteiger partial charge in [-0.3, -0.25) is 4.79 Å². The van der Waals surface area contributed by atoms with Gasteiger partial charge in [-0.25, -0.2) is 4.98 Å². The SMILES string of the molecule is O=C(O)C(CNc1ncns1)c1ccccc1. The average Bonchev–Trinajstić information content (AvgIpc) is 2.83. The molecule has 88 valence electrons. The van der Waals surface area contributed by atoms with Gasteiger partial charge in [-0.15, -0.1) is 0 Å². The first-order valence-electron chi connectivity index (χ1n) is 5.05. The minimum atomic E-state index is -0.854. The van der Waals surface area contributed by atoms with E-state index in [1.54, 1.807) is 12.1 Å². The lowest BCUT2D eigenvalue weighted by Gasteiger charge is -2.12. The van der Waals surface area contributed by atoms with Gasteiger partial charge in [0.05, 0.1) is 5.92 Å². The summed E-state index contributed by atoms with van der Waals surface area (Å²) in [5.74, 6) is -1.44. The molecular weight excluding hydrogens is 238 g/mol. The Hall–Kier alpha value is -1.95. The number of carboxylic acids is 1. The quantitative estimate of drug-likeness (QED) is 0.845. The van der Waals surface area contributed by atoms with E-state index >= 15 is 0 Å². The molecule has 0 aliphatic heterocycles. The van der Waals surface area contributed by atoms with Crippen LogP contribution in [-0.2, 0) is 4.79 Å². The van der Waals surface area contributed by atoms with E-state index in [1.165, 1.54) is 17.9 Å². The van der Waals surface area contributed by atoms with Gasteiger partial charge in [-0.2, -0.15) is 4.37 Å². The fourth-order valence-corrected chi connectivity index (χ4v) is 1.91. The van der Waals surface area contributed by atoms with E-state index in [0.717, 1.165) is 5.56 Å². The number of aliphatic carboxylic acids is 1. The lowest BCUT2D eigenvalue weighted by molar-refractivity contribution is -0.138. The fourth-order valence-electron chi connectivity index (χ4n) is 1.47.